The minimum Gasteiger partial charge on any atom is -0.484 e. The van der Waals surface area contributed by atoms with Crippen molar-refractivity contribution in [3.8, 4) is 5.75 Å². The number of aryl methyl sites for hydroxylation is 2. The number of hydrogen-bond donors (Lipinski definition) is 1. The molecule has 0 bridgehead atoms. The molecule has 3 aromatic rings. The summed E-state index contributed by atoms with van der Waals surface area (Å²) in [5.41, 5.74) is 2.95. The van der Waals surface area contributed by atoms with Crippen LogP contribution in [0.3, 0.4) is 0 Å². The number of para-hydroxylation sites is 2. The number of halogens is 2. The summed E-state index contributed by atoms with van der Waals surface area (Å²) >= 11 is 0. The molecule has 3 rings (SSSR count). The normalized spacial score (nSPS) is 12.4. The predicted molar refractivity (Wildman–Crippen MR) is 104 cm³/mol. The predicted octanol–water partition coefficient (Wildman–Crippen LogP) is 4.35. The van der Waals surface area contributed by atoms with E-state index >= 15 is 0 Å². The first kappa shape index (κ1) is 19.8. The Labute approximate surface area is 162 Å². The fraction of sp³-hybridized carbons (Fsp3) is 0.333. The minimum atomic E-state index is -2.70. The van der Waals surface area contributed by atoms with E-state index in [0.717, 1.165) is 15.7 Å². The minimum absolute atomic E-state index is 0.137. The van der Waals surface area contributed by atoms with Gasteiger partial charge in [-0.15, -0.1) is 0 Å². The van der Waals surface area contributed by atoms with Crippen LogP contribution >= 0.6 is 0 Å². The number of ether oxygens (including phenoxy) is 1. The second kappa shape index (κ2) is 8.37. The molecule has 0 saturated heterocycles. The summed E-state index contributed by atoms with van der Waals surface area (Å²) in [4.78, 5) is 16.4. The van der Waals surface area contributed by atoms with E-state index in [-0.39, 0.29) is 30.8 Å². The maximum Gasteiger partial charge on any atom is 0.320 e. The molecule has 1 amide bonds. The number of carbonyl (C=O) groups is 1. The van der Waals surface area contributed by atoms with Crippen LogP contribution in [0.4, 0.5) is 8.78 Å². The number of fused-ring (bicyclic) bond motifs is 1. The van der Waals surface area contributed by atoms with Crippen LogP contribution in [0.1, 0.15) is 36.3 Å². The number of rotatable bonds is 7. The molecular formula is C21H23F2N3O2. The van der Waals surface area contributed by atoms with Gasteiger partial charge in [-0.3, -0.25) is 9.36 Å². The Morgan fingerprint density at radius 3 is 2.68 bits per heavy atom. The lowest BCUT2D eigenvalue weighted by Gasteiger charge is -2.15. The molecule has 0 fully saturated rings. The molecule has 0 unspecified atom stereocenters. The molecule has 2 aromatic carbocycles. The van der Waals surface area contributed by atoms with Crippen LogP contribution < -0.4 is 10.1 Å². The second-order valence-electron chi connectivity index (χ2n) is 6.87. The van der Waals surface area contributed by atoms with Gasteiger partial charge in [0.05, 0.1) is 11.0 Å². The third-order valence-corrected chi connectivity index (χ3v) is 4.55. The van der Waals surface area contributed by atoms with Gasteiger partial charge in [-0.25, -0.2) is 4.98 Å². The van der Waals surface area contributed by atoms with E-state index in [0.29, 0.717) is 16.8 Å². The number of nitrogens with one attached hydrogen (secondary N) is 1. The van der Waals surface area contributed by atoms with Gasteiger partial charge in [0.25, 0.3) is 5.91 Å². The van der Waals surface area contributed by atoms with Crippen molar-refractivity contribution < 1.29 is 18.3 Å². The molecule has 0 radical (unpaired) electrons. The van der Waals surface area contributed by atoms with Crippen LogP contribution in [0, 0.1) is 13.8 Å². The fourth-order valence-corrected chi connectivity index (χ4v) is 3.13. The third-order valence-electron chi connectivity index (χ3n) is 4.55. The maximum absolute atomic E-state index is 13.5. The molecule has 0 aliphatic heterocycles. The molecule has 1 heterocycles. The molecule has 7 heteroatoms. The Morgan fingerprint density at radius 2 is 1.96 bits per heavy atom. The van der Waals surface area contributed by atoms with Crippen molar-refractivity contribution >= 4 is 16.9 Å². The number of benzene rings is 2. The summed E-state index contributed by atoms with van der Waals surface area (Å²) in [5.74, 6) is 0.193. The fourth-order valence-electron chi connectivity index (χ4n) is 3.13. The number of nitrogens with zero attached hydrogens (tertiary/aromatic N) is 2. The second-order valence-corrected chi connectivity index (χ2v) is 6.87. The molecular weight excluding hydrogens is 364 g/mol. The highest BCUT2D eigenvalue weighted by molar-refractivity contribution is 5.78. The third kappa shape index (κ3) is 4.30. The standard InChI is InChI=1S/C21H23F2N3O2/c1-13-8-9-18(14(2)10-13)28-12-19(27)24-11-15(3)20-25-16-6-4-5-7-17(16)26(20)21(22)23/h4-10,15,21H,11-12H2,1-3H3,(H,24,27)/t15-/m1/s1. The van der Waals surface area contributed by atoms with Crippen molar-refractivity contribution in [2.75, 3.05) is 13.2 Å². The van der Waals surface area contributed by atoms with Crippen LogP contribution in [0.15, 0.2) is 42.5 Å². The largest absolute Gasteiger partial charge is 0.484 e. The van der Waals surface area contributed by atoms with Crippen molar-refractivity contribution in [1.82, 2.24) is 14.9 Å². The van der Waals surface area contributed by atoms with Gasteiger partial charge in [-0.05, 0) is 37.6 Å². The quantitative estimate of drug-likeness (QED) is 0.656. The summed E-state index contributed by atoms with van der Waals surface area (Å²) in [6.07, 6.45) is 0. The van der Waals surface area contributed by atoms with Gasteiger partial charge >= 0.3 is 6.55 Å². The van der Waals surface area contributed by atoms with Crippen LogP contribution in [-0.4, -0.2) is 28.6 Å². The van der Waals surface area contributed by atoms with Crippen molar-refractivity contribution in [2.24, 2.45) is 0 Å². The summed E-state index contributed by atoms with van der Waals surface area (Å²) in [6.45, 7) is 3.00. The van der Waals surface area contributed by atoms with Crippen molar-refractivity contribution in [3.63, 3.8) is 0 Å². The molecule has 0 aliphatic rings. The lowest BCUT2D eigenvalue weighted by molar-refractivity contribution is -0.123. The number of amides is 1. The average Bonchev–Trinajstić information content (AvgIpc) is 3.05. The number of carbonyl (C=O) groups excluding carboxylic acids is 1. The molecule has 1 N–H and O–H groups in total. The molecule has 5 nitrogen and oxygen atoms in total. The summed E-state index contributed by atoms with van der Waals surface area (Å²) < 4.78 is 33.5. The molecule has 1 aromatic heterocycles. The molecule has 0 spiro atoms. The smallest absolute Gasteiger partial charge is 0.320 e. The Bertz CT molecular complexity index is 985. The van der Waals surface area contributed by atoms with E-state index in [1.54, 1.807) is 31.2 Å². The van der Waals surface area contributed by atoms with Crippen LogP contribution in [0.5, 0.6) is 5.75 Å². The first-order valence-corrected chi connectivity index (χ1v) is 9.08. The molecule has 28 heavy (non-hydrogen) atoms. The van der Waals surface area contributed by atoms with Gasteiger partial charge in [0.1, 0.15) is 11.6 Å². The van der Waals surface area contributed by atoms with Gasteiger partial charge in [0.2, 0.25) is 0 Å². The monoisotopic (exact) mass is 387 g/mol. The Balaban J connectivity index is 1.62. The Morgan fingerprint density at radius 1 is 1.21 bits per heavy atom. The summed E-state index contributed by atoms with van der Waals surface area (Å²) in [5, 5.41) is 2.73. The van der Waals surface area contributed by atoms with Gasteiger partial charge in [-0.2, -0.15) is 8.78 Å². The maximum atomic E-state index is 13.5. The van der Waals surface area contributed by atoms with Crippen LogP contribution in [-0.2, 0) is 4.79 Å². The first-order chi connectivity index (χ1) is 13.4. The number of aromatic nitrogens is 2. The highest BCUT2D eigenvalue weighted by atomic mass is 19.3. The first-order valence-electron chi connectivity index (χ1n) is 9.08. The van der Waals surface area contributed by atoms with Crippen molar-refractivity contribution in [3.05, 3.63) is 59.4 Å². The van der Waals surface area contributed by atoms with E-state index in [2.05, 4.69) is 10.3 Å². The molecule has 1 atom stereocenters. The average molecular weight is 387 g/mol. The van der Waals surface area contributed by atoms with Gasteiger partial charge in [0.15, 0.2) is 6.61 Å². The lowest BCUT2D eigenvalue weighted by atomic mass is 10.1. The van der Waals surface area contributed by atoms with E-state index in [1.807, 2.05) is 32.0 Å². The van der Waals surface area contributed by atoms with Crippen LogP contribution in [0.2, 0.25) is 0 Å². The zero-order chi connectivity index (χ0) is 20.3. The number of imidazole rings is 1. The van der Waals surface area contributed by atoms with E-state index in [9.17, 15) is 13.6 Å². The molecule has 0 saturated carbocycles. The zero-order valence-corrected chi connectivity index (χ0v) is 16.1. The highest BCUT2D eigenvalue weighted by Gasteiger charge is 2.22. The van der Waals surface area contributed by atoms with Gasteiger partial charge in [-0.1, -0.05) is 36.8 Å². The molecule has 0 aliphatic carbocycles. The van der Waals surface area contributed by atoms with Crippen molar-refractivity contribution in [1.29, 1.82) is 0 Å². The summed E-state index contributed by atoms with van der Waals surface area (Å²) in [6, 6.07) is 12.5. The SMILES string of the molecule is Cc1ccc(OCC(=O)NC[C@@H](C)c2nc3ccccc3n2C(F)F)c(C)c1. The Kier molecular flexibility index (Phi) is 5.92. The van der Waals surface area contributed by atoms with Gasteiger partial charge in [0, 0.05) is 12.5 Å². The Hall–Kier alpha value is -2.96. The number of hydrogen-bond acceptors (Lipinski definition) is 3. The topological polar surface area (TPSA) is 56.1 Å². The number of alkyl halides is 2. The lowest BCUT2D eigenvalue weighted by Crippen LogP contribution is -2.32. The van der Waals surface area contributed by atoms with Crippen molar-refractivity contribution in [2.45, 2.75) is 33.2 Å². The van der Waals surface area contributed by atoms with E-state index in [1.165, 1.54) is 0 Å². The summed E-state index contributed by atoms with van der Waals surface area (Å²) in [7, 11) is 0. The van der Waals surface area contributed by atoms with Crippen LogP contribution in [0.25, 0.3) is 11.0 Å². The van der Waals surface area contributed by atoms with Gasteiger partial charge < -0.3 is 10.1 Å². The molecule has 148 valence electrons. The highest BCUT2D eigenvalue weighted by Crippen LogP contribution is 2.27. The zero-order valence-electron chi connectivity index (χ0n) is 16.1. The van der Waals surface area contributed by atoms with E-state index in [4.69, 9.17) is 4.74 Å². The van der Waals surface area contributed by atoms with E-state index < -0.39 is 6.55 Å².